The molecule has 0 saturated carbocycles. The largest absolute Gasteiger partial charge is 0.480 e. The molecule has 0 radical (unpaired) electrons. The van der Waals surface area contributed by atoms with E-state index in [2.05, 4.69) is 0 Å². The fraction of sp³-hybridized carbons (Fsp3) is 0.176. The first kappa shape index (κ1) is 16.2. The highest BCUT2D eigenvalue weighted by Crippen LogP contribution is 2.29. The van der Waals surface area contributed by atoms with Crippen molar-refractivity contribution in [3.05, 3.63) is 65.2 Å². The summed E-state index contributed by atoms with van der Waals surface area (Å²) < 4.78 is 26.8. The van der Waals surface area contributed by atoms with Gasteiger partial charge in [-0.25, -0.2) is 8.42 Å². The van der Waals surface area contributed by atoms with Gasteiger partial charge in [-0.1, -0.05) is 24.3 Å². The fourth-order valence-electron chi connectivity index (χ4n) is 2.80. The molecule has 122 valence electrons. The van der Waals surface area contributed by atoms with Crippen molar-refractivity contribution in [1.29, 1.82) is 5.26 Å². The predicted molar refractivity (Wildman–Crippen MR) is 85.5 cm³/mol. The lowest BCUT2D eigenvalue weighted by molar-refractivity contribution is -0.141. The third-order valence-electron chi connectivity index (χ3n) is 4.08. The molecule has 1 heterocycles. The van der Waals surface area contributed by atoms with Gasteiger partial charge in [0.25, 0.3) is 0 Å². The summed E-state index contributed by atoms with van der Waals surface area (Å²) in [6.45, 7) is 0.00940. The molecule has 1 atom stereocenters. The third-order valence-corrected chi connectivity index (χ3v) is 5.95. The number of carbonyl (C=O) groups is 1. The Hall–Kier alpha value is -2.69. The second-order valence-electron chi connectivity index (χ2n) is 5.51. The number of rotatable bonds is 3. The van der Waals surface area contributed by atoms with E-state index in [0.717, 1.165) is 15.4 Å². The summed E-state index contributed by atoms with van der Waals surface area (Å²) in [5.41, 5.74) is 1.98. The lowest BCUT2D eigenvalue weighted by Crippen LogP contribution is -2.48. The van der Waals surface area contributed by atoms with Crippen molar-refractivity contribution in [2.45, 2.75) is 23.9 Å². The normalized spacial score (nSPS) is 17.7. The number of carboxylic acid groups (broad SMARTS) is 1. The highest BCUT2D eigenvalue weighted by molar-refractivity contribution is 7.89. The Kier molecular flexibility index (Phi) is 4.09. The molecular weight excluding hydrogens is 328 g/mol. The van der Waals surface area contributed by atoms with Crippen LogP contribution in [0.2, 0.25) is 0 Å². The summed E-state index contributed by atoms with van der Waals surface area (Å²) in [4.78, 5) is 11.6. The molecule has 2 aromatic rings. The third kappa shape index (κ3) is 2.77. The number of benzene rings is 2. The van der Waals surface area contributed by atoms with Crippen LogP contribution in [0.3, 0.4) is 0 Å². The molecule has 0 fully saturated rings. The van der Waals surface area contributed by atoms with Gasteiger partial charge in [-0.2, -0.15) is 9.57 Å². The summed E-state index contributed by atoms with van der Waals surface area (Å²) in [5, 5.41) is 18.3. The molecule has 0 amide bonds. The Labute approximate surface area is 139 Å². The number of aliphatic carboxylic acids is 1. The first-order valence-corrected chi connectivity index (χ1v) is 8.69. The van der Waals surface area contributed by atoms with E-state index in [-0.39, 0.29) is 17.9 Å². The van der Waals surface area contributed by atoms with Gasteiger partial charge in [0.1, 0.15) is 6.04 Å². The van der Waals surface area contributed by atoms with E-state index in [9.17, 15) is 18.3 Å². The highest BCUT2D eigenvalue weighted by Gasteiger charge is 2.39. The second kappa shape index (κ2) is 6.07. The van der Waals surface area contributed by atoms with Gasteiger partial charge in [0.2, 0.25) is 10.0 Å². The zero-order valence-electron chi connectivity index (χ0n) is 12.6. The molecule has 0 aliphatic carbocycles. The summed E-state index contributed by atoms with van der Waals surface area (Å²) in [6, 6.07) is 13.5. The Morgan fingerprint density at radius 1 is 1.12 bits per heavy atom. The standard InChI is InChI=1S/C17H14N2O4S/c18-10-12-5-7-15(8-6-12)24(22,23)19-11-14-4-2-1-3-13(14)9-16(19)17(20)21/h1-8,16H,9,11H2,(H,20,21)/t16-/m0/s1. The minimum atomic E-state index is -3.98. The minimum absolute atomic E-state index is 0.00940. The molecule has 24 heavy (non-hydrogen) atoms. The molecule has 2 aromatic carbocycles. The van der Waals surface area contributed by atoms with E-state index >= 15 is 0 Å². The quantitative estimate of drug-likeness (QED) is 0.916. The Balaban J connectivity index is 2.04. The van der Waals surface area contributed by atoms with E-state index in [1.807, 2.05) is 18.2 Å². The van der Waals surface area contributed by atoms with Crippen LogP contribution >= 0.6 is 0 Å². The summed E-state index contributed by atoms with van der Waals surface area (Å²) in [5.74, 6) is -1.18. The van der Waals surface area contributed by atoms with Crippen molar-refractivity contribution < 1.29 is 18.3 Å². The average molecular weight is 342 g/mol. The molecule has 1 aliphatic heterocycles. The monoisotopic (exact) mass is 342 g/mol. The number of sulfonamides is 1. The summed E-state index contributed by atoms with van der Waals surface area (Å²) in [6.07, 6.45) is 0.126. The lowest BCUT2D eigenvalue weighted by atomic mass is 9.96. The topological polar surface area (TPSA) is 98.5 Å². The minimum Gasteiger partial charge on any atom is -0.480 e. The van der Waals surface area contributed by atoms with Gasteiger partial charge >= 0.3 is 5.97 Å². The van der Waals surface area contributed by atoms with Crippen LogP contribution in [0.4, 0.5) is 0 Å². The number of fused-ring (bicyclic) bond motifs is 1. The van der Waals surface area contributed by atoms with Gasteiger partial charge in [-0.05, 0) is 35.4 Å². The Morgan fingerprint density at radius 3 is 2.33 bits per heavy atom. The molecule has 0 spiro atoms. The maximum absolute atomic E-state index is 12.9. The molecule has 7 heteroatoms. The number of nitriles is 1. The smallest absolute Gasteiger partial charge is 0.322 e. The van der Waals surface area contributed by atoms with Crippen LogP contribution < -0.4 is 0 Å². The van der Waals surface area contributed by atoms with Crippen molar-refractivity contribution in [1.82, 2.24) is 4.31 Å². The Morgan fingerprint density at radius 2 is 1.75 bits per heavy atom. The van der Waals surface area contributed by atoms with Crippen LogP contribution in [0.1, 0.15) is 16.7 Å². The van der Waals surface area contributed by atoms with E-state index in [1.54, 1.807) is 12.1 Å². The van der Waals surface area contributed by atoms with Crippen LogP contribution in [-0.4, -0.2) is 29.8 Å². The number of nitrogens with zero attached hydrogens (tertiary/aromatic N) is 2. The van der Waals surface area contributed by atoms with Crippen LogP contribution in [0.25, 0.3) is 0 Å². The van der Waals surface area contributed by atoms with Crippen molar-refractivity contribution in [3.8, 4) is 6.07 Å². The van der Waals surface area contributed by atoms with Crippen molar-refractivity contribution >= 4 is 16.0 Å². The highest BCUT2D eigenvalue weighted by atomic mass is 32.2. The van der Waals surface area contributed by atoms with Crippen LogP contribution in [-0.2, 0) is 27.8 Å². The van der Waals surface area contributed by atoms with E-state index < -0.39 is 22.0 Å². The zero-order chi connectivity index (χ0) is 17.3. The van der Waals surface area contributed by atoms with E-state index in [1.165, 1.54) is 24.3 Å². The van der Waals surface area contributed by atoms with Crippen molar-refractivity contribution in [3.63, 3.8) is 0 Å². The molecule has 1 N–H and O–H groups in total. The molecular formula is C17H14N2O4S. The predicted octanol–water partition coefficient (Wildman–Crippen LogP) is 1.76. The maximum atomic E-state index is 12.9. The van der Waals surface area contributed by atoms with E-state index in [0.29, 0.717) is 5.56 Å². The van der Waals surface area contributed by atoms with Gasteiger partial charge < -0.3 is 5.11 Å². The lowest BCUT2D eigenvalue weighted by Gasteiger charge is -2.33. The van der Waals surface area contributed by atoms with Crippen LogP contribution in [0, 0.1) is 11.3 Å². The van der Waals surface area contributed by atoms with E-state index in [4.69, 9.17) is 5.26 Å². The molecule has 3 rings (SSSR count). The second-order valence-corrected chi connectivity index (χ2v) is 7.40. The fourth-order valence-corrected chi connectivity index (χ4v) is 4.36. The van der Waals surface area contributed by atoms with Crippen LogP contribution in [0.5, 0.6) is 0 Å². The van der Waals surface area contributed by atoms with Gasteiger partial charge in [0.15, 0.2) is 0 Å². The molecule has 0 bridgehead atoms. The van der Waals surface area contributed by atoms with Gasteiger partial charge in [0, 0.05) is 13.0 Å². The van der Waals surface area contributed by atoms with Crippen molar-refractivity contribution in [2.75, 3.05) is 0 Å². The SMILES string of the molecule is N#Cc1ccc(S(=O)(=O)N2Cc3ccccc3C[C@H]2C(=O)O)cc1. The maximum Gasteiger partial charge on any atom is 0.322 e. The van der Waals surface area contributed by atoms with Gasteiger partial charge in [-0.3, -0.25) is 4.79 Å². The molecule has 1 aliphatic rings. The molecule has 0 unspecified atom stereocenters. The average Bonchev–Trinajstić information content (AvgIpc) is 2.60. The van der Waals surface area contributed by atoms with Crippen molar-refractivity contribution in [2.24, 2.45) is 0 Å². The van der Waals surface area contributed by atoms with Gasteiger partial charge in [0.05, 0.1) is 16.5 Å². The molecule has 0 saturated heterocycles. The molecule has 6 nitrogen and oxygen atoms in total. The number of hydrogen-bond donors (Lipinski definition) is 1. The number of carboxylic acids is 1. The van der Waals surface area contributed by atoms with Crippen LogP contribution in [0.15, 0.2) is 53.4 Å². The van der Waals surface area contributed by atoms with Gasteiger partial charge in [-0.15, -0.1) is 0 Å². The Bertz CT molecular complexity index is 930. The zero-order valence-corrected chi connectivity index (χ0v) is 13.4. The first-order chi connectivity index (χ1) is 11.4. The summed E-state index contributed by atoms with van der Waals surface area (Å²) >= 11 is 0. The first-order valence-electron chi connectivity index (χ1n) is 7.25. The molecule has 0 aromatic heterocycles. The summed E-state index contributed by atoms with van der Waals surface area (Å²) in [7, 11) is -3.98. The number of hydrogen-bond acceptors (Lipinski definition) is 4.